The van der Waals surface area contributed by atoms with Crippen molar-refractivity contribution in [2.24, 2.45) is 0 Å². The number of aryl methyl sites for hydroxylation is 1. The second-order valence-electron chi connectivity index (χ2n) is 8.94. The van der Waals surface area contributed by atoms with Crippen LogP contribution in [0.15, 0.2) is 83.2 Å². The fourth-order valence-corrected chi connectivity index (χ4v) is 4.84. The number of anilines is 1. The van der Waals surface area contributed by atoms with Gasteiger partial charge in [-0.25, -0.2) is 0 Å². The third kappa shape index (κ3) is 4.83. The summed E-state index contributed by atoms with van der Waals surface area (Å²) < 4.78 is 0. The number of allylic oxidation sites excluding steroid dienone is 6. The number of benzene rings is 2. The molecule has 1 aliphatic carbocycles. The van der Waals surface area contributed by atoms with Crippen LogP contribution in [0.1, 0.15) is 45.7 Å². The number of fused-ring (bicyclic) bond motifs is 1. The molecular weight excluding hydrogens is 452 g/mol. The number of carbonyl (C=O) groups excluding carboxylic acids is 2. The van der Waals surface area contributed by atoms with Gasteiger partial charge >= 0.3 is 0 Å². The van der Waals surface area contributed by atoms with E-state index in [1.54, 1.807) is 24.3 Å². The van der Waals surface area contributed by atoms with Crippen LogP contribution in [0.25, 0.3) is 6.08 Å². The van der Waals surface area contributed by atoms with Gasteiger partial charge in [0.05, 0.1) is 18.8 Å². The first-order valence-electron chi connectivity index (χ1n) is 12.2. The number of aliphatic hydroxyl groups is 2. The zero-order chi connectivity index (χ0) is 25.8. The van der Waals surface area contributed by atoms with Gasteiger partial charge in [0.25, 0.3) is 0 Å². The lowest BCUT2D eigenvalue weighted by atomic mass is 9.98. The number of carbonyl (C=O) groups is 2. The van der Waals surface area contributed by atoms with Gasteiger partial charge in [-0.2, -0.15) is 0 Å². The van der Waals surface area contributed by atoms with Gasteiger partial charge in [-0.3, -0.25) is 9.59 Å². The molecule has 6 heteroatoms. The van der Waals surface area contributed by atoms with E-state index >= 15 is 0 Å². The Morgan fingerprint density at radius 2 is 1.53 bits per heavy atom. The molecule has 1 aliphatic heterocycles. The molecule has 2 N–H and O–H groups in total. The Morgan fingerprint density at radius 1 is 0.889 bits per heavy atom. The van der Waals surface area contributed by atoms with Crippen molar-refractivity contribution >= 4 is 23.3 Å². The van der Waals surface area contributed by atoms with Gasteiger partial charge in [-0.05, 0) is 67.8 Å². The Kier molecular flexibility index (Phi) is 7.67. The van der Waals surface area contributed by atoms with Crippen LogP contribution in [0.3, 0.4) is 0 Å². The summed E-state index contributed by atoms with van der Waals surface area (Å²) in [6.07, 6.45) is 7.87. The molecule has 0 saturated carbocycles. The second-order valence-corrected chi connectivity index (χ2v) is 8.94. The molecule has 0 unspecified atom stereocenters. The monoisotopic (exact) mass is 484 g/mol. The van der Waals surface area contributed by atoms with Crippen molar-refractivity contribution in [1.82, 2.24) is 4.90 Å². The minimum Gasteiger partial charge on any atom is -0.395 e. The smallest absolute Gasteiger partial charge is 0.198 e. The fraction of sp³-hybridized carbons (Fsp3) is 0.267. The number of likely N-dealkylation sites (N-methyl/N-ethyl adjacent to an activating group) is 1. The number of aliphatic hydroxyl groups excluding tert-OH is 2. The molecule has 0 radical (unpaired) electrons. The SMILES string of the molecule is CCN1C(C)=CC(=C2C(=O)c3ccccc3C2=O)C=C1/C=C/c1ccc(N(CCO)CCO)cc1C. The van der Waals surface area contributed by atoms with E-state index in [1.807, 2.05) is 61.3 Å². The number of rotatable bonds is 8. The lowest BCUT2D eigenvalue weighted by Crippen LogP contribution is -2.29. The summed E-state index contributed by atoms with van der Waals surface area (Å²) >= 11 is 0. The summed E-state index contributed by atoms with van der Waals surface area (Å²) in [7, 11) is 0. The minimum atomic E-state index is -0.221. The number of hydrogen-bond donors (Lipinski definition) is 2. The van der Waals surface area contributed by atoms with Gasteiger partial charge in [-0.1, -0.05) is 36.4 Å². The Bertz CT molecular complexity index is 1270. The molecule has 4 rings (SSSR count). The number of ketones is 2. The molecule has 186 valence electrons. The van der Waals surface area contributed by atoms with Crippen molar-refractivity contribution in [1.29, 1.82) is 0 Å². The number of Topliss-reactive ketones (excluding diaryl/α,β-unsaturated/α-hetero) is 2. The van der Waals surface area contributed by atoms with Crippen LogP contribution in [0.4, 0.5) is 5.69 Å². The third-order valence-corrected chi connectivity index (χ3v) is 6.67. The molecule has 0 aromatic heterocycles. The van der Waals surface area contributed by atoms with Crippen molar-refractivity contribution in [2.45, 2.75) is 20.8 Å². The first-order chi connectivity index (χ1) is 17.4. The Balaban J connectivity index is 1.68. The zero-order valence-corrected chi connectivity index (χ0v) is 21.0. The highest BCUT2D eigenvalue weighted by atomic mass is 16.3. The molecule has 0 atom stereocenters. The lowest BCUT2D eigenvalue weighted by Gasteiger charge is -2.29. The van der Waals surface area contributed by atoms with Crippen LogP contribution in [0.5, 0.6) is 0 Å². The molecule has 36 heavy (non-hydrogen) atoms. The molecule has 6 nitrogen and oxygen atoms in total. The predicted octanol–water partition coefficient (Wildman–Crippen LogP) is 4.30. The highest BCUT2D eigenvalue weighted by Crippen LogP contribution is 2.33. The molecule has 0 saturated heterocycles. The maximum atomic E-state index is 13.1. The van der Waals surface area contributed by atoms with Crippen molar-refractivity contribution < 1.29 is 19.8 Å². The topological polar surface area (TPSA) is 81.1 Å². The maximum Gasteiger partial charge on any atom is 0.198 e. The first-order valence-corrected chi connectivity index (χ1v) is 12.2. The molecule has 2 aromatic rings. The van der Waals surface area contributed by atoms with Crippen molar-refractivity contribution in [3.63, 3.8) is 0 Å². The highest BCUT2D eigenvalue weighted by Gasteiger charge is 2.35. The number of hydrogen-bond acceptors (Lipinski definition) is 6. The van der Waals surface area contributed by atoms with Gasteiger partial charge in [0.2, 0.25) is 0 Å². The fourth-order valence-electron chi connectivity index (χ4n) is 4.84. The van der Waals surface area contributed by atoms with Gasteiger partial charge in [0.1, 0.15) is 0 Å². The van der Waals surface area contributed by atoms with E-state index in [2.05, 4.69) is 11.8 Å². The van der Waals surface area contributed by atoms with Crippen LogP contribution >= 0.6 is 0 Å². The minimum absolute atomic E-state index is 0.0164. The summed E-state index contributed by atoms with van der Waals surface area (Å²) in [6.45, 7) is 7.77. The summed E-state index contributed by atoms with van der Waals surface area (Å²) in [6, 6.07) is 13.0. The van der Waals surface area contributed by atoms with E-state index in [1.165, 1.54) is 0 Å². The van der Waals surface area contributed by atoms with E-state index in [0.29, 0.717) is 29.8 Å². The van der Waals surface area contributed by atoms with Gasteiger partial charge in [-0.15, -0.1) is 0 Å². The van der Waals surface area contributed by atoms with Crippen LogP contribution in [0, 0.1) is 6.92 Å². The van der Waals surface area contributed by atoms with Gasteiger partial charge in [0.15, 0.2) is 11.6 Å². The Hall–Kier alpha value is -3.74. The van der Waals surface area contributed by atoms with Crippen LogP contribution in [-0.4, -0.2) is 59.5 Å². The number of nitrogens with zero attached hydrogens (tertiary/aromatic N) is 2. The second kappa shape index (κ2) is 10.9. The van der Waals surface area contributed by atoms with E-state index in [9.17, 15) is 19.8 Å². The first kappa shape index (κ1) is 25.4. The lowest BCUT2D eigenvalue weighted by molar-refractivity contribution is 0.0987. The molecule has 2 aliphatic rings. The molecule has 1 heterocycles. The largest absolute Gasteiger partial charge is 0.395 e. The summed E-state index contributed by atoms with van der Waals surface area (Å²) in [5.41, 5.74) is 6.71. The van der Waals surface area contributed by atoms with E-state index in [-0.39, 0.29) is 30.4 Å². The standard InChI is InChI=1S/C30H32N2O4/c1-4-32-21(3)18-23(28-29(35)26-7-5-6-8-27(26)30(28)36)19-25(32)12-10-22-9-11-24(17-20(22)2)31(13-15-33)14-16-34/h5-12,17-19,33-34H,4,13-16H2,1-3H3/b12-10+. The van der Waals surface area contributed by atoms with Crippen LogP contribution in [-0.2, 0) is 0 Å². The van der Waals surface area contributed by atoms with E-state index in [4.69, 9.17) is 0 Å². The molecule has 0 amide bonds. The average molecular weight is 485 g/mol. The van der Waals surface area contributed by atoms with E-state index in [0.717, 1.165) is 34.8 Å². The molecule has 0 bridgehead atoms. The van der Waals surface area contributed by atoms with Gasteiger partial charge < -0.3 is 20.0 Å². The van der Waals surface area contributed by atoms with Crippen molar-refractivity contribution in [3.05, 3.63) is 105 Å². The Labute approximate surface area is 212 Å². The van der Waals surface area contributed by atoms with Crippen LogP contribution < -0.4 is 4.90 Å². The third-order valence-electron chi connectivity index (χ3n) is 6.67. The van der Waals surface area contributed by atoms with Crippen LogP contribution in [0.2, 0.25) is 0 Å². The summed E-state index contributed by atoms with van der Waals surface area (Å²) in [4.78, 5) is 30.2. The quantitative estimate of drug-likeness (QED) is 0.430. The summed E-state index contributed by atoms with van der Waals surface area (Å²) in [5.74, 6) is -0.443. The normalized spacial score (nSPS) is 15.5. The summed E-state index contributed by atoms with van der Waals surface area (Å²) in [5, 5.41) is 18.7. The van der Waals surface area contributed by atoms with E-state index < -0.39 is 0 Å². The average Bonchev–Trinajstić information content (AvgIpc) is 3.12. The zero-order valence-electron chi connectivity index (χ0n) is 21.0. The van der Waals surface area contributed by atoms with Gasteiger partial charge in [0, 0.05) is 47.8 Å². The predicted molar refractivity (Wildman–Crippen MR) is 143 cm³/mol. The van der Waals surface area contributed by atoms with Crippen molar-refractivity contribution in [2.75, 3.05) is 37.7 Å². The highest BCUT2D eigenvalue weighted by molar-refractivity contribution is 6.40. The maximum absolute atomic E-state index is 13.1. The molecular formula is C30H32N2O4. The Morgan fingerprint density at radius 3 is 2.08 bits per heavy atom. The molecule has 0 spiro atoms. The van der Waals surface area contributed by atoms with Crippen molar-refractivity contribution in [3.8, 4) is 0 Å². The molecule has 2 aromatic carbocycles. The molecule has 0 fully saturated rings.